The normalized spacial score (nSPS) is 12.0. The number of ether oxygens (including phenoxy) is 1. The number of nitrogens with zero attached hydrogens (tertiary/aromatic N) is 3. The lowest BCUT2D eigenvalue weighted by Crippen LogP contribution is -2.23. The lowest BCUT2D eigenvalue weighted by atomic mass is 10.1. The Bertz CT molecular complexity index is 790. The Kier molecular flexibility index (Phi) is 5.84. The first kappa shape index (κ1) is 18.1. The van der Waals surface area contributed by atoms with Gasteiger partial charge < -0.3 is 9.64 Å². The molecule has 0 amide bonds. The van der Waals surface area contributed by atoms with Crippen LogP contribution in [0.25, 0.3) is 6.08 Å². The van der Waals surface area contributed by atoms with Crippen LogP contribution in [0.1, 0.15) is 24.2 Å². The molecule has 0 aliphatic carbocycles. The van der Waals surface area contributed by atoms with Crippen molar-refractivity contribution >= 4 is 23.4 Å². The van der Waals surface area contributed by atoms with Crippen LogP contribution in [-0.4, -0.2) is 30.0 Å². The first-order chi connectivity index (χ1) is 11.9. The fourth-order valence-electron chi connectivity index (χ4n) is 2.35. The van der Waals surface area contributed by atoms with E-state index >= 15 is 0 Å². The van der Waals surface area contributed by atoms with E-state index < -0.39 is 10.9 Å². The minimum Gasteiger partial charge on any atom is -0.466 e. The standard InChI is InChI=1S/C18H19N3O4/c1-13(15-6-4-5-11-19-15)20(2)16-9-7-14(8-10-18(22)25-3)12-17(16)21(23)24/h4-13H,1-3H3/b10-8+. The SMILES string of the molecule is COC(=O)/C=C/c1ccc(N(C)C(C)c2ccccn2)c([N+](=O)[O-])c1. The van der Waals surface area contributed by atoms with Gasteiger partial charge in [-0.1, -0.05) is 12.1 Å². The highest BCUT2D eigenvalue weighted by molar-refractivity contribution is 5.87. The Morgan fingerprint density at radius 1 is 1.36 bits per heavy atom. The molecular weight excluding hydrogens is 322 g/mol. The van der Waals surface area contributed by atoms with Crippen LogP contribution < -0.4 is 4.90 Å². The number of carbonyl (C=O) groups is 1. The molecule has 1 atom stereocenters. The van der Waals surface area contributed by atoms with E-state index in [1.165, 1.54) is 25.3 Å². The monoisotopic (exact) mass is 341 g/mol. The molecule has 1 heterocycles. The summed E-state index contributed by atoms with van der Waals surface area (Å²) < 4.78 is 4.52. The van der Waals surface area contributed by atoms with E-state index in [1.54, 1.807) is 30.3 Å². The largest absolute Gasteiger partial charge is 0.466 e. The molecular formula is C18H19N3O4. The summed E-state index contributed by atoms with van der Waals surface area (Å²) >= 11 is 0. The van der Waals surface area contributed by atoms with Crippen LogP contribution in [0, 0.1) is 10.1 Å². The molecule has 1 aromatic carbocycles. The van der Waals surface area contributed by atoms with Gasteiger partial charge in [0, 0.05) is 25.4 Å². The quantitative estimate of drug-likeness (QED) is 0.346. The molecule has 0 fully saturated rings. The fourth-order valence-corrected chi connectivity index (χ4v) is 2.35. The Hall–Kier alpha value is -3.22. The lowest BCUT2D eigenvalue weighted by molar-refractivity contribution is -0.384. The van der Waals surface area contributed by atoms with Crippen molar-refractivity contribution in [2.24, 2.45) is 0 Å². The molecule has 0 aliphatic heterocycles. The zero-order valence-corrected chi connectivity index (χ0v) is 14.2. The Morgan fingerprint density at radius 3 is 2.72 bits per heavy atom. The first-order valence-corrected chi connectivity index (χ1v) is 7.62. The summed E-state index contributed by atoms with van der Waals surface area (Å²) in [5.41, 5.74) is 1.78. The second-order valence-corrected chi connectivity index (χ2v) is 5.40. The van der Waals surface area contributed by atoms with Crippen molar-refractivity contribution < 1.29 is 14.5 Å². The third kappa shape index (κ3) is 4.41. The Balaban J connectivity index is 2.35. The molecule has 130 valence electrons. The number of esters is 1. The summed E-state index contributed by atoms with van der Waals surface area (Å²) in [5.74, 6) is -0.521. The van der Waals surface area contributed by atoms with Crippen LogP contribution in [0.15, 0.2) is 48.7 Å². The topological polar surface area (TPSA) is 85.6 Å². The number of methoxy groups -OCH3 is 1. The van der Waals surface area contributed by atoms with Crippen molar-refractivity contribution in [1.82, 2.24) is 4.98 Å². The van der Waals surface area contributed by atoms with Crippen LogP contribution in [0.3, 0.4) is 0 Å². The van der Waals surface area contributed by atoms with Gasteiger partial charge in [0.1, 0.15) is 5.69 Å². The van der Waals surface area contributed by atoms with E-state index in [0.717, 1.165) is 5.69 Å². The third-order valence-electron chi connectivity index (χ3n) is 3.89. The summed E-state index contributed by atoms with van der Waals surface area (Å²) in [5, 5.41) is 11.5. The zero-order valence-electron chi connectivity index (χ0n) is 14.2. The second kappa shape index (κ2) is 8.05. The molecule has 0 aliphatic rings. The molecule has 1 unspecified atom stereocenters. The molecule has 0 saturated heterocycles. The second-order valence-electron chi connectivity index (χ2n) is 5.40. The smallest absolute Gasteiger partial charge is 0.330 e. The van der Waals surface area contributed by atoms with Gasteiger partial charge in [-0.2, -0.15) is 0 Å². The summed E-state index contributed by atoms with van der Waals surface area (Å²) in [6.07, 6.45) is 4.39. The van der Waals surface area contributed by atoms with Gasteiger partial charge in [0.05, 0.1) is 23.8 Å². The van der Waals surface area contributed by atoms with Gasteiger partial charge in [-0.25, -0.2) is 4.79 Å². The highest BCUT2D eigenvalue weighted by atomic mass is 16.6. The summed E-state index contributed by atoms with van der Waals surface area (Å²) in [4.78, 5) is 28.3. The molecule has 2 aromatic rings. The number of hydrogen-bond acceptors (Lipinski definition) is 6. The lowest BCUT2D eigenvalue weighted by Gasteiger charge is -2.26. The molecule has 0 bridgehead atoms. The number of pyridine rings is 1. The van der Waals surface area contributed by atoms with Crippen molar-refractivity contribution in [2.75, 3.05) is 19.1 Å². The van der Waals surface area contributed by atoms with Crippen molar-refractivity contribution in [3.8, 4) is 0 Å². The number of carbonyl (C=O) groups excluding carboxylic acids is 1. The van der Waals surface area contributed by atoms with Crippen LogP contribution >= 0.6 is 0 Å². The van der Waals surface area contributed by atoms with E-state index in [-0.39, 0.29) is 11.7 Å². The Morgan fingerprint density at radius 2 is 2.12 bits per heavy atom. The Labute approximate surface area is 145 Å². The van der Waals surface area contributed by atoms with E-state index in [2.05, 4.69) is 9.72 Å². The van der Waals surface area contributed by atoms with Gasteiger partial charge >= 0.3 is 5.97 Å². The summed E-state index contributed by atoms with van der Waals surface area (Å²) in [7, 11) is 3.05. The van der Waals surface area contributed by atoms with Gasteiger partial charge in [-0.15, -0.1) is 0 Å². The van der Waals surface area contributed by atoms with Gasteiger partial charge in [0.25, 0.3) is 5.69 Å². The first-order valence-electron chi connectivity index (χ1n) is 7.62. The van der Waals surface area contributed by atoms with Crippen molar-refractivity contribution in [3.05, 3.63) is 70.0 Å². The van der Waals surface area contributed by atoms with Crippen molar-refractivity contribution in [1.29, 1.82) is 0 Å². The zero-order chi connectivity index (χ0) is 18.4. The van der Waals surface area contributed by atoms with Crippen LogP contribution in [0.4, 0.5) is 11.4 Å². The molecule has 0 radical (unpaired) electrons. The van der Waals surface area contributed by atoms with Crippen molar-refractivity contribution in [3.63, 3.8) is 0 Å². The number of nitro groups is 1. The fraction of sp³-hybridized carbons (Fsp3) is 0.222. The average Bonchev–Trinajstić information content (AvgIpc) is 2.65. The highest BCUT2D eigenvalue weighted by Gasteiger charge is 2.22. The van der Waals surface area contributed by atoms with E-state index in [9.17, 15) is 14.9 Å². The number of hydrogen-bond donors (Lipinski definition) is 0. The predicted octanol–water partition coefficient (Wildman–Crippen LogP) is 3.37. The maximum absolute atomic E-state index is 11.5. The maximum Gasteiger partial charge on any atom is 0.330 e. The highest BCUT2D eigenvalue weighted by Crippen LogP contribution is 2.33. The molecule has 0 N–H and O–H groups in total. The third-order valence-corrected chi connectivity index (χ3v) is 3.89. The number of benzene rings is 1. The molecule has 2 rings (SSSR count). The minimum atomic E-state index is -0.521. The van der Waals surface area contributed by atoms with E-state index in [4.69, 9.17) is 0 Å². The van der Waals surface area contributed by atoms with Crippen molar-refractivity contribution in [2.45, 2.75) is 13.0 Å². The molecule has 7 nitrogen and oxygen atoms in total. The molecule has 25 heavy (non-hydrogen) atoms. The minimum absolute atomic E-state index is 0.0442. The van der Waals surface area contributed by atoms with Gasteiger partial charge in [-0.05, 0) is 36.8 Å². The molecule has 1 aromatic heterocycles. The van der Waals surface area contributed by atoms with E-state index in [0.29, 0.717) is 11.3 Å². The van der Waals surface area contributed by atoms with Gasteiger partial charge in [-0.3, -0.25) is 15.1 Å². The molecule has 0 spiro atoms. The van der Waals surface area contributed by atoms with Crippen LogP contribution in [0.5, 0.6) is 0 Å². The van der Waals surface area contributed by atoms with Crippen LogP contribution in [0.2, 0.25) is 0 Å². The maximum atomic E-state index is 11.5. The van der Waals surface area contributed by atoms with E-state index in [1.807, 2.05) is 25.1 Å². The average molecular weight is 341 g/mol. The predicted molar refractivity (Wildman–Crippen MR) is 95.2 cm³/mol. The summed E-state index contributed by atoms with van der Waals surface area (Å²) in [6, 6.07) is 10.2. The molecule has 7 heteroatoms. The number of anilines is 1. The molecule has 0 saturated carbocycles. The van der Waals surface area contributed by atoms with Gasteiger partial charge in [0.2, 0.25) is 0 Å². The number of aromatic nitrogens is 1. The number of nitro benzene ring substituents is 1. The van der Waals surface area contributed by atoms with Crippen LogP contribution in [-0.2, 0) is 9.53 Å². The number of rotatable bonds is 6. The van der Waals surface area contributed by atoms with Gasteiger partial charge in [0.15, 0.2) is 0 Å². The summed E-state index contributed by atoms with van der Waals surface area (Å²) in [6.45, 7) is 1.93.